The maximum absolute atomic E-state index is 12.9. The van der Waals surface area contributed by atoms with Gasteiger partial charge in [0.2, 0.25) is 0 Å². The van der Waals surface area contributed by atoms with E-state index in [4.69, 9.17) is 14.2 Å². The van der Waals surface area contributed by atoms with Gasteiger partial charge in [0, 0.05) is 11.3 Å². The van der Waals surface area contributed by atoms with Crippen LogP contribution >= 0.6 is 0 Å². The minimum Gasteiger partial charge on any atom is -0.497 e. The Balaban J connectivity index is 1.83. The third kappa shape index (κ3) is 4.40. The van der Waals surface area contributed by atoms with Crippen LogP contribution in [0, 0.1) is 11.8 Å². The van der Waals surface area contributed by atoms with Gasteiger partial charge in [0.05, 0.1) is 26.9 Å². The zero-order valence-electron chi connectivity index (χ0n) is 16.5. The van der Waals surface area contributed by atoms with E-state index in [2.05, 4.69) is 17.2 Å². The molecular weight excluding hydrogens is 360 g/mol. The predicted octanol–water partition coefficient (Wildman–Crippen LogP) is 3.31. The first-order chi connectivity index (χ1) is 13.5. The molecule has 28 heavy (non-hydrogen) atoms. The fraction of sp³-hybridized carbons (Fsp3) is 0.524. The highest BCUT2D eigenvalue weighted by Crippen LogP contribution is 2.37. The second-order valence-electron chi connectivity index (χ2n) is 7.32. The predicted molar refractivity (Wildman–Crippen MR) is 104 cm³/mol. The Morgan fingerprint density at radius 2 is 1.93 bits per heavy atom. The standard InChI is InChI=1S/C21H28N2O5/c1-13-18(20(24)28-12-14-7-5-4-6-8-14)19(23-21(25)22-13)16-11-15(26-2)9-10-17(16)27-3/h9-11,14,18-19H,1,4-8,12H2,2-3H3,(H2,22,23,25). The summed E-state index contributed by atoms with van der Waals surface area (Å²) >= 11 is 0. The van der Waals surface area contributed by atoms with Gasteiger partial charge >= 0.3 is 12.0 Å². The van der Waals surface area contributed by atoms with Crippen molar-refractivity contribution in [3.8, 4) is 11.5 Å². The molecule has 1 aliphatic heterocycles. The van der Waals surface area contributed by atoms with Crippen molar-refractivity contribution in [2.24, 2.45) is 11.8 Å². The summed E-state index contributed by atoms with van der Waals surface area (Å²) in [5.74, 6) is 0.386. The van der Waals surface area contributed by atoms with Gasteiger partial charge in [0.15, 0.2) is 0 Å². The number of carbonyl (C=O) groups excluding carboxylic acids is 2. The van der Waals surface area contributed by atoms with E-state index in [9.17, 15) is 9.59 Å². The van der Waals surface area contributed by atoms with Crippen LogP contribution in [0.5, 0.6) is 11.5 Å². The third-order valence-corrected chi connectivity index (χ3v) is 5.48. The molecule has 0 aromatic heterocycles. The smallest absolute Gasteiger partial charge is 0.319 e. The third-order valence-electron chi connectivity index (χ3n) is 5.48. The molecule has 1 heterocycles. The number of methoxy groups -OCH3 is 2. The number of rotatable bonds is 6. The summed E-state index contributed by atoms with van der Waals surface area (Å²) in [6, 6.07) is 4.18. The SMILES string of the molecule is C=C1NC(=O)NC(c2cc(OC)ccc2OC)C1C(=O)OCC1CCCCC1. The minimum absolute atomic E-state index is 0.312. The quantitative estimate of drug-likeness (QED) is 0.730. The van der Waals surface area contributed by atoms with Gasteiger partial charge in [-0.2, -0.15) is 0 Å². The average Bonchev–Trinajstić information content (AvgIpc) is 2.71. The van der Waals surface area contributed by atoms with E-state index in [1.807, 2.05) is 0 Å². The maximum Gasteiger partial charge on any atom is 0.319 e. The summed E-state index contributed by atoms with van der Waals surface area (Å²) < 4.78 is 16.4. The number of ether oxygens (including phenoxy) is 3. The van der Waals surface area contributed by atoms with Gasteiger partial charge in [-0.05, 0) is 37.0 Å². The van der Waals surface area contributed by atoms with Crippen molar-refractivity contribution in [3.63, 3.8) is 0 Å². The Morgan fingerprint density at radius 3 is 2.61 bits per heavy atom. The normalized spacial score (nSPS) is 22.8. The number of hydrogen-bond donors (Lipinski definition) is 2. The molecule has 7 heteroatoms. The Kier molecular flexibility index (Phi) is 6.44. The lowest BCUT2D eigenvalue weighted by atomic mass is 9.88. The molecule has 1 saturated heterocycles. The molecule has 1 aromatic carbocycles. The van der Waals surface area contributed by atoms with E-state index in [-0.39, 0.29) is 0 Å². The van der Waals surface area contributed by atoms with Crippen molar-refractivity contribution < 1.29 is 23.8 Å². The first kappa shape index (κ1) is 20.0. The first-order valence-corrected chi connectivity index (χ1v) is 9.68. The zero-order valence-corrected chi connectivity index (χ0v) is 16.5. The lowest BCUT2D eigenvalue weighted by Gasteiger charge is -2.34. The van der Waals surface area contributed by atoms with E-state index in [0.29, 0.717) is 35.3 Å². The molecule has 2 N–H and O–H groups in total. The summed E-state index contributed by atoms with van der Waals surface area (Å²) in [5, 5.41) is 5.41. The van der Waals surface area contributed by atoms with Gasteiger partial charge in [-0.1, -0.05) is 25.8 Å². The molecule has 1 saturated carbocycles. The molecule has 7 nitrogen and oxygen atoms in total. The molecule has 0 bridgehead atoms. The average molecular weight is 388 g/mol. The largest absolute Gasteiger partial charge is 0.497 e. The van der Waals surface area contributed by atoms with E-state index in [1.54, 1.807) is 32.4 Å². The maximum atomic E-state index is 12.9. The molecular formula is C21H28N2O5. The molecule has 2 amide bonds. The zero-order chi connectivity index (χ0) is 20.1. The van der Waals surface area contributed by atoms with Crippen molar-refractivity contribution in [3.05, 3.63) is 36.0 Å². The van der Waals surface area contributed by atoms with Crippen LogP contribution in [0.4, 0.5) is 4.79 Å². The lowest BCUT2D eigenvalue weighted by molar-refractivity contribution is -0.150. The van der Waals surface area contributed by atoms with Crippen LogP contribution in [0.15, 0.2) is 30.5 Å². The molecule has 2 aliphatic rings. The monoisotopic (exact) mass is 388 g/mol. The van der Waals surface area contributed by atoms with E-state index < -0.39 is 24.0 Å². The molecule has 1 aliphatic carbocycles. The highest BCUT2D eigenvalue weighted by Gasteiger charge is 2.40. The first-order valence-electron chi connectivity index (χ1n) is 9.68. The van der Waals surface area contributed by atoms with Crippen LogP contribution in [0.2, 0.25) is 0 Å². The number of amides is 2. The second-order valence-corrected chi connectivity index (χ2v) is 7.32. The van der Waals surface area contributed by atoms with Crippen molar-refractivity contribution in [2.75, 3.05) is 20.8 Å². The van der Waals surface area contributed by atoms with Crippen LogP contribution in [-0.2, 0) is 9.53 Å². The second kappa shape index (κ2) is 8.99. The van der Waals surface area contributed by atoms with Crippen LogP contribution in [0.3, 0.4) is 0 Å². The number of esters is 1. The van der Waals surface area contributed by atoms with Crippen LogP contribution in [0.25, 0.3) is 0 Å². The lowest BCUT2D eigenvalue weighted by Crippen LogP contribution is -2.51. The number of urea groups is 1. The molecule has 3 rings (SSSR count). The Hall–Kier alpha value is -2.70. The summed E-state index contributed by atoms with van der Waals surface area (Å²) in [4.78, 5) is 25.0. The summed E-state index contributed by atoms with van der Waals surface area (Å²) in [6.07, 6.45) is 5.78. The van der Waals surface area contributed by atoms with Crippen LogP contribution < -0.4 is 20.1 Å². The highest BCUT2D eigenvalue weighted by atomic mass is 16.5. The molecule has 2 unspecified atom stereocenters. The Morgan fingerprint density at radius 1 is 1.18 bits per heavy atom. The van der Waals surface area contributed by atoms with Crippen molar-refractivity contribution in [1.29, 1.82) is 0 Å². The molecule has 152 valence electrons. The van der Waals surface area contributed by atoms with Crippen molar-refractivity contribution in [2.45, 2.75) is 38.1 Å². The fourth-order valence-electron chi connectivity index (χ4n) is 3.95. The molecule has 2 atom stereocenters. The Labute approximate surface area is 165 Å². The van der Waals surface area contributed by atoms with Gasteiger partial charge in [-0.25, -0.2) is 4.79 Å². The number of hydrogen-bond acceptors (Lipinski definition) is 5. The fourth-order valence-corrected chi connectivity index (χ4v) is 3.95. The number of carbonyl (C=O) groups is 2. The van der Waals surface area contributed by atoms with Gasteiger partial charge in [0.1, 0.15) is 17.4 Å². The van der Waals surface area contributed by atoms with Crippen LogP contribution in [0.1, 0.15) is 43.7 Å². The summed E-state index contributed by atoms with van der Waals surface area (Å²) in [6.45, 7) is 4.29. The Bertz CT molecular complexity index is 742. The van der Waals surface area contributed by atoms with Gasteiger partial charge < -0.3 is 24.8 Å². The van der Waals surface area contributed by atoms with Gasteiger partial charge in [-0.15, -0.1) is 0 Å². The van der Waals surface area contributed by atoms with Gasteiger partial charge in [0.25, 0.3) is 0 Å². The topological polar surface area (TPSA) is 85.9 Å². The molecule has 0 spiro atoms. The van der Waals surface area contributed by atoms with E-state index >= 15 is 0 Å². The molecule has 1 aromatic rings. The van der Waals surface area contributed by atoms with Gasteiger partial charge in [-0.3, -0.25) is 4.79 Å². The molecule has 0 radical (unpaired) electrons. The minimum atomic E-state index is -0.762. The number of nitrogens with one attached hydrogen (secondary N) is 2. The summed E-state index contributed by atoms with van der Waals surface area (Å²) in [5.41, 5.74) is 0.949. The van der Waals surface area contributed by atoms with Crippen LogP contribution in [-0.4, -0.2) is 32.8 Å². The van der Waals surface area contributed by atoms with E-state index in [0.717, 1.165) is 12.8 Å². The van der Waals surface area contributed by atoms with Crippen molar-refractivity contribution in [1.82, 2.24) is 10.6 Å². The van der Waals surface area contributed by atoms with E-state index in [1.165, 1.54) is 19.3 Å². The van der Waals surface area contributed by atoms with Crippen molar-refractivity contribution >= 4 is 12.0 Å². The summed E-state index contributed by atoms with van der Waals surface area (Å²) in [7, 11) is 3.10. The highest BCUT2D eigenvalue weighted by molar-refractivity contribution is 5.85. The molecule has 2 fully saturated rings. The number of benzene rings is 1.